The van der Waals surface area contributed by atoms with Crippen LogP contribution in [0, 0.1) is 0 Å². The summed E-state index contributed by atoms with van der Waals surface area (Å²) in [5.74, 6) is 0. The Labute approximate surface area is 135 Å². The zero-order valence-corrected chi connectivity index (χ0v) is 13.2. The van der Waals surface area contributed by atoms with Gasteiger partial charge >= 0.3 is 0 Å². The van der Waals surface area contributed by atoms with Crippen LogP contribution in [0.15, 0.2) is 60.7 Å². The van der Waals surface area contributed by atoms with E-state index < -0.39 is 0 Å². The zero-order valence-electron chi connectivity index (χ0n) is 11.5. The highest BCUT2D eigenvalue weighted by molar-refractivity contribution is 7.80. The van der Waals surface area contributed by atoms with Gasteiger partial charge in [0.1, 0.15) is 0 Å². The number of hydrogen-bond acceptors (Lipinski definition) is 2. The van der Waals surface area contributed by atoms with Gasteiger partial charge in [-0.1, -0.05) is 72.9 Å². The van der Waals surface area contributed by atoms with E-state index in [0.717, 1.165) is 11.1 Å². The molecule has 1 unspecified atom stereocenters. The minimum atomic E-state index is -0.335. The van der Waals surface area contributed by atoms with E-state index in [-0.39, 0.29) is 11.1 Å². The van der Waals surface area contributed by atoms with Crippen LogP contribution in [0.25, 0.3) is 0 Å². The normalized spacial score (nSPS) is 11.6. The highest BCUT2D eigenvalue weighted by Crippen LogP contribution is 2.06. The fourth-order valence-corrected chi connectivity index (χ4v) is 2.53. The second kappa shape index (κ2) is 7.86. The third-order valence-electron chi connectivity index (χ3n) is 3.12. The monoisotopic (exact) mass is 315 g/mol. The van der Waals surface area contributed by atoms with Crippen LogP contribution in [0.1, 0.15) is 11.1 Å². The molecule has 2 aromatic rings. The van der Waals surface area contributed by atoms with Gasteiger partial charge in [-0.15, -0.1) is 0 Å². The Balaban J connectivity index is 1.96. The van der Waals surface area contributed by atoms with Crippen LogP contribution in [-0.4, -0.2) is 21.2 Å². The molecule has 1 atom stereocenters. The van der Waals surface area contributed by atoms with E-state index in [4.69, 9.17) is 24.4 Å². The van der Waals surface area contributed by atoms with Gasteiger partial charge in [-0.3, -0.25) is 0 Å². The number of rotatable bonds is 6. The molecule has 0 fully saturated rings. The van der Waals surface area contributed by atoms with E-state index in [9.17, 15) is 5.11 Å². The van der Waals surface area contributed by atoms with Crippen molar-refractivity contribution in [1.82, 2.24) is 5.32 Å². The summed E-state index contributed by atoms with van der Waals surface area (Å²) in [7, 11) is 0. The number of benzene rings is 2. The molecule has 2 rings (SSSR count). The molecule has 2 nitrogen and oxygen atoms in total. The van der Waals surface area contributed by atoms with E-state index in [2.05, 4.69) is 5.32 Å². The van der Waals surface area contributed by atoms with Crippen molar-refractivity contribution in [3.05, 3.63) is 71.8 Å². The van der Waals surface area contributed by atoms with E-state index in [1.54, 1.807) is 0 Å². The van der Waals surface area contributed by atoms with Crippen LogP contribution in [0.4, 0.5) is 0 Å². The lowest BCUT2D eigenvalue weighted by Crippen LogP contribution is -2.41. The van der Waals surface area contributed by atoms with Crippen molar-refractivity contribution in [2.24, 2.45) is 0 Å². The van der Waals surface area contributed by atoms with E-state index in [1.165, 1.54) is 0 Å². The Hall–Kier alpha value is -1.78. The Morgan fingerprint density at radius 2 is 1.43 bits per heavy atom. The average molecular weight is 315 g/mol. The molecule has 4 heteroatoms. The minimum Gasteiger partial charge on any atom is -0.500 e. The molecule has 108 valence electrons. The first-order valence-electron chi connectivity index (χ1n) is 6.75. The molecule has 2 N–H and O–H groups in total. The first kappa shape index (κ1) is 15.6. The fraction of sp³-hybridized carbons (Fsp3) is 0.176. The summed E-state index contributed by atoms with van der Waals surface area (Å²) in [4.78, 5) is 0.679. The lowest BCUT2D eigenvalue weighted by Gasteiger charge is -2.18. The smallest absolute Gasteiger partial charge is 0.179 e. The van der Waals surface area contributed by atoms with Crippen molar-refractivity contribution in [2.75, 3.05) is 0 Å². The van der Waals surface area contributed by atoms with Crippen LogP contribution in [0.3, 0.4) is 0 Å². The standard InChI is InChI=1S/C17H17NOS2/c19-17(21)15(11-13-7-3-1-4-8-13)18-16(20)12-14-9-5-2-6-10-14/h1-10,15H,11-12H2,(H,18,20)(H,19,21). The van der Waals surface area contributed by atoms with Gasteiger partial charge in [0.05, 0.1) is 11.0 Å². The summed E-state index contributed by atoms with van der Waals surface area (Å²) in [5.41, 5.74) is 2.24. The zero-order chi connectivity index (χ0) is 15.1. The lowest BCUT2D eigenvalue weighted by molar-refractivity contribution is 0.517. The molecule has 0 bridgehead atoms. The maximum absolute atomic E-state index is 9.70. The molecule has 2 aromatic carbocycles. The lowest BCUT2D eigenvalue weighted by atomic mass is 10.1. The first-order valence-corrected chi connectivity index (χ1v) is 7.57. The molecule has 0 aliphatic rings. The van der Waals surface area contributed by atoms with Crippen molar-refractivity contribution >= 4 is 34.5 Å². The summed E-state index contributed by atoms with van der Waals surface area (Å²) in [6, 6.07) is 19.6. The average Bonchev–Trinajstić information content (AvgIpc) is 2.48. The highest BCUT2D eigenvalue weighted by atomic mass is 32.1. The molecule has 0 saturated carbocycles. The molecule has 0 saturated heterocycles. The fourth-order valence-electron chi connectivity index (χ4n) is 2.08. The summed E-state index contributed by atoms with van der Waals surface area (Å²) in [6.45, 7) is 0. The maximum Gasteiger partial charge on any atom is 0.179 e. The Bertz CT molecular complexity index is 599. The topological polar surface area (TPSA) is 32.3 Å². The van der Waals surface area contributed by atoms with E-state index in [1.807, 2.05) is 60.7 Å². The largest absolute Gasteiger partial charge is 0.500 e. The van der Waals surface area contributed by atoms with Crippen molar-refractivity contribution in [3.8, 4) is 0 Å². The predicted octanol–water partition coefficient (Wildman–Crippen LogP) is 3.64. The molecule has 0 aliphatic carbocycles. The molecule has 0 aliphatic heterocycles. The van der Waals surface area contributed by atoms with Gasteiger partial charge < -0.3 is 10.4 Å². The molecule has 21 heavy (non-hydrogen) atoms. The van der Waals surface area contributed by atoms with Gasteiger partial charge in [0.25, 0.3) is 0 Å². The quantitative estimate of drug-likeness (QED) is 0.797. The van der Waals surface area contributed by atoms with Gasteiger partial charge in [0.15, 0.2) is 5.05 Å². The Kier molecular flexibility index (Phi) is 5.84. The number of aliphatic hydroxyl groups is 1. The molecule has 0 spiro atoms. The molecule has 0 amide bonds. The van der Waals surface area contributed by atoms with E-state index in [0.29, 0.717) is 17.8 Å². The number of hydrogen-bond donors (Lipinski definition) is 2. The molecule has 0 aromatic heterocycles. The van der Waals surface area contributed by atoms with Crippen LogP contribution in [0.5, 0.6) is 0 Å². The summed E-state index contributed by atoms with van der Waals surface area (Å²) in [6.07, 6.45) is 1.26. The SMILES string of the molecule is OC(=S)C(Cc1ccccc1)NC(=S)Cc1ccccc1. The van der Waals surface area contributed by atoms with Gasteiger partial charge in [-0.2, -0.15) is 0 Å². The van der Waals surface area contributed by atoms with Crippen LogP contribution < -0.4 is 5.32 Å². The van der Waals surface area contributed by atoms with Crippen molar-refractivity contribution < 1.29 is 5.11 Å². The molecular weight excluding hydrogens is 298 g/mol. The van der Waals surface area contributed by atoms with Gasteiger partial charge in [0.2, 0.25) is 0 Å². The summed E-state index contributed by atoms with van der Waals surface area (Å²) in [5, 5.41) is 12.8. The van der Waals surface area contributed by atoms with Crippen LogP contribution in [-0.2, 0) is 12.8 Å². The Morgan fingerprint density at radius 1 is 0.905 bits per heavy atom. The Morgan fingerprint density at radius 3 is 1.95 bits per heavy atom. The second-order valence-corrected chi connectivity index (χ2v) is 5.72. The van der Waals surface area contributed by atoms with Gasteiger partial charge in [0, 0.05) is 12.8 Å². The molecular formula is C17H17NOS2. The third kappa shape index (κ3) is 5.25. The van der Waals surface area contributed by atoms with Gasteiger partial charge in [-0.05, 0) is 23.3 Å². The van der Waals surface area contributed by atoms with Crippen molar-refractivity contribution in [2.45, 2.75) is 18.9 Å². The first-order chi connectivity index (χ1) is 10.1. The van der Waals surface area contributed by atoms with Crippen LogP contribution in [0.2, 0.25) is 0 Å². The molecule has 0 radical (unpaired) electrons. The number of thiocarbonyl (C=S) groups is 2. The van der Waals surface area contributed by atoms with Gasteiger partial charge in [-0.25, -0.2) is 0 Å². The predicted molar refractivity (Wildman–Crippen MR) is 95.0 cm³/mol. The second-order valence-electron chi connectivity index (χ2n) is 4.81. The highest BCUT2D eigenvalue weighted by Gasteiger charge is 2.15. The van der Waals surface area contributed by atoms with Crippen LogP contribution >= 0.6 is 24.4 Å². The number of nitrogens with one attached hydrogen (secondary N) is 1. The van der Waals surface area contributed by atoms with Crippen molar-refractivity contribution in [3.63, 3.8) is 0 Å². The molecule has 0 heterocycles. The summed E-state index contributed by atoms with van der Waals surface area (Å²) >= 11 is 10.3. The number of aliphatic hydroxyl groups excluding tert-OH is 1. The maximum atomic E-state index is 9.70. The summed E-state index contributed by atoms with van der Waals surface area (Å²) < 4.78 is 0. The third-order valence-corrected chi connectivity index (χ3v) is 3.67. The van der Waals surface area contributed by atoms with Crippen molar-refractivity contribution in [1.29, 1.82) is 0 Å². The minimum absolute atomic E-state index is 0.0609. The van der Waals surface area contributed by atoms with E-state index >= 15 is 0 Å².